The lowest BCUT2D eigenvalue weighted by Crippen LogP contribution is -2.28. The van der Waals surface area contributed by atoms with Crippen molar-refractivity contribution in [2.75, 3.05) is 0 Å². The zero-order valence-electron chi connectivity index (χ0n) is 17.7. The number of nitrogens with zero attached hydrogens (tertiary/aromatic N) is 4. The number of hydrogen-bond acceptors (Lipinski definition) is 4. The Hall–Kier alpha value is -3.87. The van der Waals surface area contributed by atoms with Gasteiger partial charge in [0.2, 0.25) is 5.71 Å². The first-order valence-electron chi connectivity index (χ1n) is 10.9. The molecule has 0 saturated heterocycles. The van der Waals surface area contributed by atoms with Crippen molar-refractivity contribution in [3.63, 3.8) is 0 Å². The van der Waals surface area contributed by atoms with Gasteiger partial charge in [0, 0.05) is 29.4 Å². The van der Waals surface area contributed by atoms with E-state index < -0.39 is 6.17 Å². The van der Waals surface area contributed by atoms with E-state index in [1.54, 1.807) is 12.1 Å². The number of rotatable bonds is 5. The smallest absolute Gasteiger partial charge is 0.230 e. The SMILES string of the molecule is Fc1ccc(-c2nn(C[C@H]3C[C@H](F)C3)cc2-c2ncnc3oc(-c4ccccc4)cc23)cc1. The van der Waals surface area contributed by atoms with Gasteiger partial charge in [-0.15, -0.1) is 0 Å². The minimum atomic E-state index is -0.717. The molecule has 1 saturated carbocycles. The highest BCUT2D eigenvalue weighted by atomic mass is 19.1. The predicted molar refractivity (Wildman–Crippen MR) is 121 cm³/mol. The van der Waals surface area contributed by atoms with Crippen LogP contribution in [0, 0.1) is 11.7 Å². The van der Waals surface area contributed by atoms with Gasteiger partial charge in [0.05, 0.1) is 11.1 Å². The number of fused-ring (bicyclic) bond motifs is 1. The summed E-state index contributed by atoms with van der Waals surface area (Å²) >= 11 is 0. The van der Waals surface area contributed by atoms with Gasteiger partial charge in [-0.25, -0.2) is 18.7 Å². The summed E-state index contributed by atoms with van der Waals surface area (Å²) in [5.41, 5.74) is 4.38. The second kappa shape index (κ2) is 7.92. The molecule has 0 amide bonds. The molecule has 0 spiro atoms. The Bertz CT molecular complexity index is 1420. The molecule has 5 nitrogen and oxygen atoms in total. The maximum Gasteiger partial charge on any atom is 0.230 e. The Morgan fingerprint density at radius 2 is 1.73 bits per heavy atom. The van der Waals surface area contributed by atoms with E-state index in [-0.39, 0.29) is 11.7 Å². The number of hydrogen-bond donors (Lipinski definition) is 0. The highest BCUT2D eigenvalue weighted by Gasteiger charge is 2.30. The fraction of sp³-hybridized carbons (Fsp3) is 0.192. The standard InChI is InChI=1S/C26H20F2N4O/c27-19-8-6-18(7-9-19)24-22(14-32(31-24)13-16-10-20(28)11-16)25-21-12-23(17-4-2-1-3-5-17)33-26(21)30-15-29-25/h1-9,12,14-16,20H,10-11,13H2/t16-,20-. The van der Waals surface area contributed by atoms with Gasteiger partial charge in [0.1, 0.15) is 29.8 Å². The van der Waals surface area contributed by atoms with Crippen LogP contribution in [-0.2, 0) is 6.54 Å². The molecular weight excluding hydrogens is 422 g/mol. The third-order valence-corrected chi connectivity index (χ3v) is 6.15. The van der Waals surface area contributed by atoms with Crippen molar-refractivity contribution in [3.05, 3.63) is 79.0 Å². The van der Waals surface area contributed by atoms with Crippen LogP contribution < -0.4 is 0 Å². The molecule has 5 aromatic rings. The molecule has 33 heavy (non-hydrogen) atoms. The van der Waals surface area contributed by atoms with Crippen LogP contribution in [0.4, 0.5) is 8.78 Å². The summed E-state index contributed by atoms with van der Waals surface area (Å²) in [5, 5.41) is 5.56. The zero-order chi connectivity index (χ0) is 22.4. The van der Waals surface area contributed by atoms with Crippen LogP contribution in [-0.4, -0.2) is 25.9 Å². The van der Waals surface area contributed by atoms with Crippen LogP contribution in [0.1, 0.15) is 12.8 Å². The van der Waals surface area contributed by atoms with Crippen LogP contribution in [0.3, 0.4) is 0 Å². The van der Waals surface area contributed by atoms with Crippen LogP contribution in [0.2, 0.25) is 0 Å². The van der Waals surface area contributed by atoms with Gasteiger partial charge in [0.25, 0.3) is 0 Å². The van der Waals surface area contributed by atoms with E-state index in [0.717, 1.165) is 22.1 Å². The average molecular weight is 442 g/mol. The molecule has 0 unspecified atom stereocenters. The molecule has 0 N–H and O–H groups in total. The van der Waals surface area contributed by atoms with Gasteiger partial charge in [0.15, 0.2) is 0 Å². The molecule has 3 aromatic heterocycles. The van der Waals surface area contributed by atoms with Gasteiger partial charge in [-0.3, -0.25) is 4.68 Å². The molecular formula is C26H20F2N4O. The number of furan rings is 1. The van der Waals surface area contributed by atoms with Gasteiger partial charge < -0.3 is 4.42 Å². The van der Waals surface area contributed by atoms with E-state index in [1.165, 1.54) is 18.5 Å². The van der Waals surface area contributed by atoms with Crippen LogP contribution in [0.5, 0.6) is 0 Å². The molecule has 164 valence electrons. The summed E-state index contributed by atoms with van der Waals surface area (Å²) in [6, 6.07) is 18.0. The number of halogens is 2. The van der Waals surface area contributed by atoms with Crippen molar-refractivity contribution in [3.8, 4) is 33.8 Å². The summed E-state index contributed by atoms with van der Waals surface area (Å²) in [5.74, 6) is 0.652. The quantitative estimate of drug-likeness (QED) is 0.320. The monoisotopic (exact) mass is 442 g/mol. The molecule has 1 aliphatic carbocycles. The van der Waals surface area contributed by atoms with E-state index in [4.69, 9.17) is 9.52 Å². The molecule has 0 atom stereocenters. The molecule has 0 bridgehead atoms. The van der Waals surface area contributed by atoms with Gasteiger partial charge in [-0.05, 0) is 49.1 Å². The summed E-state index contributed by atoms with van der Waals surface area (Å²) in [6.07, 6.45) is 3.80. The second-order valence-corrected chi connectivity index (χ2v) is 8.47. The Balaban J connectivity index is 1.48. The Morgan fingerprint density at radius 3 is 2.48 bits per heavy atom. The second-order valence-electron chi connectivity index (χ2n) is 8.47. The first-order chi connectivity index (χ1) is 16.1. The van der Waals surface area contributed by atoms with Crippen molar-refractivity contribution >= 4 is 11.1 Å². The molecule has 2 aromatic carbocycles. The number of benzene rings is 2. The molecule has 3 heterocycles. The lowest BCUT2D eigenvalue weighted by atomic mass is 9.83. The van der Waals surface area contributed by atoms with Crippen molar-refractivity contribution < 1.29 is 13.2 Å². The molecule has 0 aliphatic heterocycles. The highest BCUT2D eigenvalue weighted by Crippen LogP contribution is 2.38. The molecule has 1 aliphatic rings. The van der Waals surface area contributed by atoms with Gasteiger partial charge in [-0.2, -0.15) is 5.10 Å². The van der Waals surface area contributed by atoms with Gasteiger partial charge in [-0.1, -0.05) is 30.3 Å². The topological polar surface area (TPSA) is 56.7 Å². The minimum Gasteiger partial charge on any atom is -0.438 e. The van der Waals surface area contributed by atoms with E-state index in [0.29, 0.717) is 42.2 Å². The Labute approximate surface area is 188 Å². The first-order valence-corrected chi connectivity index (χ1v) is 10.9. The normalized spacial score (nSPS) is 17.9. The lowest BCUT2D eigenvalue weighted by Gasteiger charge is -2.29. The minimum absolute atomic E-state index is 0.262. The molecule has 0 radical (unpaired) electrons. The fourth-order valence-electron chi connectivity index (χ4n) is 4.39. The molecule has 7 heteroatoms. The third kappa shape index (κ3) is 3.69. The molecule has 6 rings (SSSR count). The predicted octanol–water partition coefficient (Wildman–Crippen LogP) is 6.31. The van der Waals surface area contributed by atoms with E-state index >= 15 is 0 Å². The lowest BCUT2D eigenvalue weighted by molar-refractivity contribution is 0.114. The first kappa shape index (κ1) is 19.8. The van der Waals surface area contributed by atoms with Crippen molar-refractivity contribution in [2.45, 2.75) is 25.6 Å². The van der Waals surface area contributed by atoms with E-state index in [1.807, 2.05) is 47.3 Å². The molecule has 1 fully saturated rings. The summed E-state index contributed by atoms with van der Waals surface area (Å²) < 4.78 is 34.8. The number of alkyl halides is 1. The maximum absolute atomic E-state index is 13.6. The van der Waals surface area contributed by atoms with Crippen LogP contribution in [0.25, 0.3) is 44.9 Å². The van der Waals surface area contributed by atoms with Gasteiger partial charge >= 0.3 is 0 Å². The zero-order valence-corrected chi connectivity index (χ0v) is 17.7. The van der Waals surface area contributed by atoms with E-state index in [2.05, 4.69) is 9.97 Å². The average Bonchev–Trinajstić information content (AvgIpc) is 3.44. The van der Waals surface area contributed by atoms with Crippen molar-refractivity contribution in [1.82, 2.24) is 19.7 Å². The fourth-order valence-corrected chi connectivity index (χ4v) is 4.39. The Morgan fingerprint density at radius 1 is 0.939 bits per heavy atom. The van der Waals surface area contributed by atoms with Crippen LogP contribution >= 0.6 is 0 Å². The largest absolute Gasteiger partial charge is 0.438 e. The van der Waals surface area contributed by atoms with Crippen LogP contribution in [0.15, 0.2) is 77.6 Å². The third-order valence-electron chi connectivity index (χ3n) is 6.15. The Kier molecular flexibility index (Phi) is 4.75. The summed E-state index contributed by atoms with van der Waals surface area (Å²) in [7, 11) is 0. The van der Waals surface area contributed by atoms with Crippen molar-refractivity contribution in [2.24, 2.45) is 5.92 Å². The van der Waals surface area contributed by atoms with Crippen molar-refractivity contribution in [1.29, 1.82) is 0 Å². The van der Waals surface area contributed by atoms with E-state index in [9.17, 15) is 8.78 Å². The highest BCUT2D eigenvalue weighted by molar-refractivity contribution is 5.95. The summed E-state index contributed by atoms with van der Waals surface area (Å²) in [6.45, 7) is 0.628. The summed E-state index contributed by atoms with van der Waals surface area (Å²) in [4.78, 5) is 8.89. The number of aromatic nitrogens is 4. The maximum atomic E-state index is 13.6.